The van der Waals surface area contributed by atoms with Crippen molar-refractivity contribution in [3.8, 4) is 11.4 Å². The molecule has 0 amide bonds. The molecule has 3 aromatic rings. The summed E-state index contributed by atoms with van der Waals surface area (Å²) in [5, 5.41) is 11.7. The number of nitrogens with zero attached hydrogens (tertiary/aromatic N) is 5. The summed E-state index contributed by atoms with van der Waals surface area (Å²) in [5.74, 6) is 2.27. The monoisotopic (exact) mass is 310 g/mol. The van der Waals surface area contributed by atoms with Gasteiger partial charge in [-0.15, -0.1) is 5.10 Å². The Morgan fingerprint density at radius 1 is 1.30 bits per heavy atom. The summed E-state index contributed by atoms with van der Waals surface area (Å²) in [5.41, 5.74) is 2.35. The number of methoxy groups -OCH3 is 1. The van der Waals surface area contributed by atoms with Gasteiger partial charge in [0.15, 0.2) is 11.2 Å². The number of fused-ring (bicyclic) bond motifs is 1. The van der Waals surface area contributed by atoms with Gasteiger partial charge in [-0.05, 0) is 49.7 Å². The van der Waals surface area contributed by atoms with Crippen LogP contribution in [0.15, 0.2) is 30.5 Å². The van der Waals surface area contributed by atoms with E-state index in [9.17, 15) is 0 Å². The van der Waals surface area contributed by atoms with Crippen molar-refractivity contribution in [2.75, 3.05) is 20.2 Å². The maximum Gasteiger partial charge on any atom is 0.187 e. The van der Waals surface area contributed by atoms with Gasteiger partial charge < -0.3 is 10.1 Å². The summed E-state index contributed by atoms with van der Waals surface area (Å²) in [7, 11) is 1.65. The Labute approximate surface area is 133 Å². The highest BCUT2D eigenvalue weighted by atomic mass is 16.5. The standard InChI is InChI=1S/C16H18N6O/c1-23-13-4-2-12(3-5-13)22-16-14(20-21-22)10-18-15(19-16)8-11-6-7-17-9-11/h2-5,10-11,17H,6-9H2,1H3/t11-/m1/s1. The van der Waals surface area contributed by atoms with Crippen LogP contribution in [0.4, 0.5) is 0 Å². The Hall–Kier alpha value is -2.54. The third kappa shape index (κ3) is 2.75. The molecule has 4 rings (SSSR count). The van der Waals surface area contributed by atoms with Crippen LogP contribution in [0.1, 0.15) is 12.2 Å². The topological polar surface area (TPSA) is 77.8 Å². The molecule has 1 atom stereocenters. The van der Waals surface area contributed by atoms with Crippen LogP contribution in [0.5, 0.6) is 5.75 Å². The molecule has 1 saturated heterocycles. The summed E-state index contributed by atoms with van der Waals surface area (Å²) >= 11 is 0. The van der Waals surface area contributed by atoms with Gasteiger partial charge in [-0.2, -0.15) is 4.68 Å². The minimum Gasteiger partial charge on any atom is -0.497 e. The van der Waals surface area contributed by atoms with Gasteiger partial charge in [-0.3, -0.25) is 0 Å². The number of benzene rings is 1. The summed E-state index contributed by atoms with van der Waals surface area (Å²) in [6, 6.07) is 7.68. The van der Waals surface area contributed by atoms with Crippen molar-refractivity contribution >= 4 is 11.2 Å². The fraction of sp³-hybridized carbons (Fsp3) is 0.375. The zero-order valence-electron chi connectivity index (χ0n) is 12.9. The van der Waals surface area contributed by atoms with Gasteiger partial charge in [0.2, 0.25) is 0 Å². The lowest BCUT2D eigenvalue weighted by molar-refractivity contribution is 0.414. The van der Waals surface area contributed by atoms with Crippen molar-refractivity contribution in [1.29, 1.82) is 0 Å². The molecule has 0 spiro atoms. The molecule has 1 aliphatic heterocycles. The lowest BCUT2D eigenvalue weighted by atomic mass is 10.0. The van der Waals surface area contributed by atoms with E-state index in [0.717, 1.165) is 42.4 Å². The molecular weight excluding hydrogens is 292 g/mol. The van der Waals surface area contributed by atoms with E-state index < -0.39 is 0 Å². The molecule has 7 nitrogen and oxygen atoms in total. The van der Waals surface area contributed by atoms with Crippen molar-refractivity contribution in [3.05, 3.63) is 36.3 Å². The van der Waals surface area contributed by atoms with Crippen LogP contribution in [0.3, 0.4) is 0 Å². The van der Waals surface area contributed by atoms with Crippen molar-refractivity contribution in [2.45, 2.75) is 12.8 Å². The first-order chi connectivity index (χ1) is 11.3. The van der Waals surface area contributed by atoms with Gasteiger partial charge in [0.05, 0.1) is 19.0 Å². The van der Waals surface area contributed by atoms with Crippen LogP contribution in [-0.4, -0.2) is 45.2 Å². The SMILES string of the molecule is COc1ccc(-n2nnc3cnc(C[C@H]4CCNC4)nc32)cc1. The molecule has 2 aromatic heterocycles. The highest BCUT2D eigenvalue weighted by Gasteiger charge is 2.17. The van der Waals surface area contributed by atoms with Crippen LogP contribution in [0, 0.1) is 5.92 Å². The molecular formula is C16H18N6O. The number of aromatic nitrogens is 5. The van der Waals surface area contributed by atoms with Crippen LogP contribution in [0.25, 0.3) is 16.9 Å². The summed E-state index contributed by atoms with van der Waals surface area (Å²) in [4.78, 5) is 9.12. The second-order valence-corrected chi connectivity index (χ2v) is 5.76. The summed E-state index contributed by atoms with van der Waals surface area (Å²) in [6.45, 7) is 2.12. The van der Waals surface area contributed by atoms with Gasteiger partial charge in [0, 0.05) is 6.42 Å². The van der Waals surface area contributed by atoms with Gasteiger partial charge in [-0.25, -0.2) is 9.97 Å². The third-order valence-electron chi connectivity index (χ3n) is 4.19. The quantitative estimate of drug-likeness (QED) is 0.784. The maximum atomic E-state index is 5.19. The molecule has 23 heavy (non-hydrogen) atoms. The smallest absolute Gasteiger partial charge is 0.187 e. The van der Waals surface area contributed by atoms with Gasteiger partial charge in [-0.1, -0.05) is 5.21 Å². The first-order valence-corrected chi connectivity index (χ1v) is 7.76. The Morgan fingerprint density at radius 2 is 2.17 bits per heavy atom. The average Bonchev–Trinajstić information content (AvgIpc) is 3.24. The van der Waals surface area contributed by atoms with Crippen LogP contribution >= 0.6 is 0 Å². The number of hydrogen-bond donors (Lipinski definition) is 1. The van der Waals surface area contributed by atoms with E-state index in [1.807, 2.05) is 24.3 Å². The lowest BCUT2D eigenvalue weighted by Gasteiger charge is -2.07. The Kier molecular flexibility index (Phi) is 3.63. The molecule has 7 heteroatoms. The molecule has 118 valence electrons. The molecule has 0 bridgehead atoms. The van der Waals surface area contributed by atoms with E-state index >= 15 is 0 Å². The first kappa shape index (κ1) is 14.1. The summed E-state index contributed by atoms with van der Waals surface area (Å²) in [6.07, 6.45) is 3.82. The molecule has 0 saturated carbocycles. The number of rotatable bonds is 4. The third-order valence-corrected chi connectivity index (χ3v) is 4.19. The Morgan fingerprint density at radius 3 is 2.91 bits per heavy atom. The molecule has 0 radical (unpaired) electrons. The van der Waals surface area contributed by atoms with Crippen molar-refractivity contribution in [3.63, 3.8) is 0 Å². The fourth-order valence-electron chi connectivity index (χ4n) is 2.91. The minimum absolute atomic E-state index is 0.609. The van der Waals surface area contributed by atoms with Crippen molar-refractivity contribution in [2.24, 2.45) is 5.92 Å². The zero-order chi connectivity index (χ0) is 15.6. The molecule has 1 aliphatic rings. The van der Waals surface area contributed by atoms with Gasteiger partial charge >= 0.3 is 0 Å². The van der Waals surface area contributed by atoms with E-state index in [-0.39, 0.29) is 0 Å². The van der Waals surface area contributed by atoms with Gasteiger partial charge in [0.25, 0.3) is 0 Å². The number of hydrogen-bond acceptors (Lipinski definition) is 6. The zero-order valence-corrected chi connectivity index (χ0v) is 12.9. The predicted molar refractivity (Wildman–Crippen MR) is 85.7 cm³/mol. The van der Waals surface area contributed by atoms with E-state index in [1.165, 1.54) is 6.42 Å². The van der Waals surface area contributed by atoms with Crippen LogP contribution < -0.4 is 10.1 Å². The molecule has 1 fully saturated rings. The predicted octanol–water partition coefficient (Wildman–Crippen LogP) is 1.37. The van der Waals surface area contributed by atoms with Crippen LogP contribution in [0.2, 0.25) is 0 Å². The normalized spacial score (nSPS) is 17.7. The minimum atomic E-state index is 0.609. The summed E-state index contributed by atoms with van der Waals surface area (Å²) < 4.78 is 6.93. The molecule has 1 N–H and O–H groups in total. The average molecular weight is 310 g/mol. The highest BCUT2D eigenvalue weighted by molar-refractivity contribution is 5.70. The molecule has 3 heterocycles. The number of ether oxygens (including phenoxy) is 1. The highest BCUT2D eigenvalue weighted by Crippen LogP contribution is 2.19. The first-order valence-electron chi connectivity index (χ1n) is 7.76. The van der Waals surface area contributed by atoms with Crippen molar-refractivity contribution < 1.29 is 4.74 Å². The largest absolute Gasteiger partial charge is 0.497 e. The molecule has 0 unspecified atom stereocenters. The van der Waals surface area contributed by atoms with E-state index in [0.29, 0.717) is 11.4 Å². The second kappa shape index (κ2) is 5.92. The van der Waals surface area contributed by atoms with E-state index in [2.05, 4.69) is 25.6 Å². The van der Waals surface area contributed by atoms with Crippen LogP contribution in [-0.2, 0) is 6.42 Å². The second-order valence-electron chi connectivity index (χ2n) is 5.76. The van der Waals surface area contributed by atoms with Gasteiger partial charge in [0.1, 0.15) is 11.6 Å². The van der Waals surface area contributed by atoms with E-state index in [4.69, 9.17) is 4.74 Å². The number of nitrogens with one attached hydrogen (secondary N) is 1. The fourth-order valence-corrected chi connectivity index (χ4v) is 2.91. The lowest BCUT2D eigenvalue weighted by Crippen LogP contribution is -2.12. The molecule has 1 aromatic carbocycles. The Bertz CT molecular complexity index is 807. The maximum absolute atomic E-state index is 5.19. The molecule has 0 aliphatic carbocycles. The van der Waals surface area contributed by atoms with E-state index in [1.54, 1.807) is 18.0 Å². The van der Waals surface area contributed by atoms with Crippen molar-refractivity contribution in [1.82, 2.24) is 30.3 Å². The Balaban J connectivity index is 1.68.